The molecular formula is C17H24O3. The zero-order valence-electron chi connectivity index (χ0n) is 12.8. The maximum Gasteiger partial charge on any atom is 0.307 e. The number of carbonyl (C=O) groups is 1. The largest absolute Gasteiger partial charge is 0.494 e. The van der Waals surface area contributed by atoms with Gasteiger partial charge in [-0.1, -0.05) is 19.9 Å². The molecule has 3 heteroatoms. The first-order valence-electron chi connectivity index (χ1n) is 7.14. The summed E-state index contributed by atoms with van der Waals surface area (Å²) < 4.78 is 5.67. The summed E-state index contributed by atoms with van der Waals surface area (Å²) in [6, 6.07) is 4.06. The van der Waals surface area contributed by atoms with E-state index in [0.29, 0.717) is 6.61 Å². The van der Waals surface area contributed by atoms with Crippen LogP contribution in [0.15, 0.2) is 18.2 Å². The third-order valence-corrected chi connectivity index (χ3v) is 3.20. The highest BCUT2D eigenvalue weighted by atomic mass is 16.5. The Kier molecular flexibility index (Phi) is 6.29. The topological polar surface area (TPSA) is 46.5 Å². The number of hydrogen-bond acceptors (Lipinski definition) is 2. The van der Waals surface area contributed by atoms with Crippen LogP contribution >= 0.6 is 0 Å². The molecule has 0 radical (unpaired) electrons. The van der Waals surface area contributed by atoms with E-state index in [1.165, 1.54) is 0 Å². The van der Waals surface area contributed by atoms with Crippen LogP contribution in [0.3, 0.4) is 0 Å². The van der Waals surface area contributed by atoms with Gasteiger partial charge in [0, 0.05) is 0 Å². The number of allylic oxidation sites excluding steroid dienone is 1. The summed E-state index contributed by atoms with van der Waals surface area (Å²) in [6.07, 6.45) is 3.68. The van der Waals surface area contributed by atoms with Crippen molar-refractivity contribution in [2.24, 2.45) is 0 Å². The molecule has 0 aliphatic carbocycles. The van der Waals surface area contributed by atoms with Crippen molar-refractivity contribution in [1.82, 2.24) is 0 Å². The molecule has 0 bridgehead atoms. The third-order valence-electron chi connectivity index (χ3n) is 3.20. The summed E-state index contributed by atoms with van der Waals surface area (Å²) >= 11 is 0. The fraction of sp³-hybridized carbons (Fsp3) is 0.471. The van der Waals surface area contributed by atoms with Crippen molar-refractivity contribution in [2.45, 2.75) is 47.0 Å². The maximum absolute atomic E-state index is 10.7. The van der Waals surface area contributed by atoms with Crippen LogP contribution in [0.2, 0.25) is 0 Å². The van der Waals surface area contributed by atoms with E-state index in [4.69, 9.17) is 9.84 Å². The van der Waals surface area contributed by atoms with Crippen LogP contribution in [0.4, 0.5) is 0 Å². The molecule has 0 unspecified atom stereocenters. The number of hydrogen-bond donors (Lipinski definition) is 1. The van der Waals surface area contributed by atoms with Gasteiger partial charge in [-0.3, -0.25) is 4.79 Å². The van der Waals surface area contributed by atoms with E-state index in [2.05, 4.69) is 6.92 Å². The van der Waals surface area contributed by atoms with Gasteiger partial charge in [0.1, 0.15) is 5.75 Å². The molecule has 0 atom stereocenters. The first kappa shape index (κ1) is 16.3. The Morgan fingerprint density at radius 1 is 1.25 bits per heavy atom. The fourth-order valence-corrected chi connectivity index (χ4v) is 2.37. The van der Waals surface area contributed by atoms with Crippen molar-refractivity contribution in [3.05, 3.63) is 34.9 Å². The molecule has 0 aliphatic rings. The minimum atomic E-state index is -0.797. The Morgan fingerprint density at radius 2 is 1.85 bits per heavy atom. The molecule has 1 aromatic rings. The van der Waals surface area contributed by atoms with Gasteiger partial charge >= 0.3 is 5.97 Å². The SMILES string of the molecule is CCCOc1cc(C)c(/C(=C/CC(=O)O)CC)c(C)c1. The van der Waals surface area contributed by atoms with Crippen molar-refractivity contribution in [1.29, 1.82) is 0 Å². The van der Waals surface area contributed by atoms with Gasteiger partial charge in [0.05, 0.1) is 13.0 Å². The summed E-state index contributed by atoms with van der Waals surface area (Å²) in [4.78, 5) is 10.7. The van der Waals surface area contributed by atoms with Crippen LogP contribution in [-0.4, -0.2) is 17.7 Å². The maximum atomic E-state index is 10.7. The number of carboxylic acids is 1. The quantitative estimate of drug-likeness (QED) is 0.804. The molecule has 110 valence electrons. The number of rotatable bonds is 7. The number of ether oxygens (including phenoxy) is 1. The Bertz CT molecular complexity index is 478. The second-order valence-corrected chi connectivity index (χ2v) is 4.96. The van der Waals surface area contributed by atoms with Crippen LogP contribution in [-0.2, 0) is 4.79 Å². The molecule has 0 fully saturated rings. The van der Waals surface area contributed by atoms with Crippen molar-refractivity contribution in [3.8, 4) is 5.75 Å². The monoisotopic (exact) mass is 276 g/mol. The van der Waals surface area contributed by atoms with E-state index in [1.807, 2.05) is 39.0 Å². The Labute approximate surface area is 121 Å². The summed E-state index contributed by atoms with van der Waals surface area (Å²) in [6.45, 7) is 8.94. The van der Waals surface area contributed by atoms with Crippen molar-refractivity contribution < 1.29 is 14.6 Å². The lowest BCUT2D eigenvalue weighted by Gasteiger charge is -2.15. The molecule has 1 rings (SSSR count). The number of benzene rings is 1. The van der Waals surface area contributed by atoms with Gasteiger partial charge in [0.25, 0.3) is 0 Å². The summed E-state index contributed by atoms with van der Waals surface area (Å²) in [5.41, 5.74) is 4.51. The fourth-order valence-electron chi connectivity index (χ4n) is 2.37. The van der Waals surface area contributed by atoms with Gasteiger partial charge in [-0.15, -0.1) is 0 Å². The van der Waals surface area contributed by atoms with E-state index in [9.17, 15) is 4.79 Å². The average Bonchev–Trinajstić information content (AvgIpc) is 2.39. The molecule has 1 aromatic carbocycles. The van der Waals surface area contributed by atoms with Crippen molar-refractivity contribution in [3.63, 3.8) is 0 Å². The Morgan fingerprint density at radius 3 is 2.30 bits per heavy atom. The molecule has 0 heterocycles. The molecule has 1 N–H and O–H groups in total. The molecular weight excluding hydrogens is 252 g/mol. The molecule has 0 saturated heterocycles. The minimum Gasteiger partial charge on any atom is -0.494 e. The Balaban J connectivity index is 3.10. The highest BCUT2D eigenvalue weighted by Gasteiger charge is 2.10. The first-order chi connectivity index (χ1) is 9.49. The molecule has 0 aliphatic heterocycles. The third kappa shape index (κ3) is 4.41. The second kappa shape index (κ2) is 7.73. The molecule has 20 heavy (non-hydrogen) atoms. The van der Waals surface area contributed by atoms with Gasteiger partial charge in [-0.25, -0.2) is 0 Å². The van der Waals surface area contributed by atoms with E-state index >= 15 is 0 Å². The van der Waals surface area contributed by atoms with Gasteiger partial charge in [0.2, 0.25) is 0 Å². The molecule has 0 saturated carbocycles. The predicted molar refractivity (Wildman–Crippen MR) is 82.2 cm³/mol. The van der Waals surface area contributed by atoms with Crippen LogP contribution in [0.1, 0.15) is 49.8 Å². The lowest BCUT2D eigenvalue weighted by atomic mass is 9.93. The van der Waals surface area contributed by atoms with Gasteiger partial charge in [0.15, 0.2) is 0 Å². The van der Waals surface area contributed by atoms with E-state index in [0.717, 1.165) is 40.9 Å². The zero-order valence-corrected chi connectivity index (χ0v) is 12.8. The molecule has 3 nitrogen and oxygen atoms in total. The normalized spacial score (nSPS) is 11.5. The number of aliphatic carboxylic acids is 1. The lowest BCUT2D eigenvalue weighted by molar-refractivity contribution is -0.135. The van der Waals surface area contributed by atoms with E-state index in [1.54, 1.807) is 0 Å². The zero-order chi connectivity index (χ0) is 15.1. The Hall–Kier alpha value is -1.77. The predicted octanol–water partition coefficient (Wildman–Crippen LogP) is 4.36. The van der Waals surface area contributed by atoms with Crippen LogP contribution in [0, 0.1) is 13.8 Å². The number of carboxylic acid groups (broad SMARTS) is 1. The van der Waals surface area contributed by atoms with E-state index < -0.39 is 5.97 Å². The van der Waals surface area contributed by atoms with Crippen LogP contribution in [0.25, 0.3) is 5.57 Å². The van der Waals surface area contributed by atoms with Crippen LogP contribution in [0.5, 0.6) is 5.75 Å². The lowest BCUT2D eigenvalue weighted by Crippen LogP contribution is -2.00. The van der Waals surface area contributed by atoms with E-state index in [-0.39, 0.29) is 6.42 Å². The molecule has 0 aromatic heterocycles. The summed E-state index contributed by atoms with van der Waals surface area (Å²) in [7, 11) is 0. The van der Waals surface area contributed by atoms with Crippen molar-refractivity contribution >= 4 is 11.5 Å². The second-order valence-electron chi connectivity index (χ2n) is 4.96. The molecule has 0 amide bonds. The highest BCUT2D eigenvalue weighted by molar-refractivity contribution is 5.76. The summed E-state index contributed by atoms with van der Waals surface area (Å²) in [5, 5.41) is 8.82. The highest BCUT2D eigenvalue weighted by Crippen LogP contribution is 2.29. The first-order valence-corrected chi connectivity index (χ1v) is 7.14. The van der Waals surface area contributed by atoms with Gasteiger partial charge < -0.3 is 9.84 Å². The van der Waals surface area contributed by atoms with Crippen LogP contribution < -0.4 is 4.74 Å². The van der Waals surface area contributed by atoms with Crippen molar-refractivity contribution in [2.75, 3.05) is 6.61 Å². The average molecular weight is 276 g/mol. The molecule has 0 spiro atoms. The minimum absolute atomic E-state index is 0.0656. The van der Waals surface area contributed by atoms with Gasteiger partial charge in [-0.2, -0.15) is 0 Å². The standard InChI is InChI=1S/C17H24O3/c1-5-9-20-15-10-12(3)17(13(4)11-15)14(6-2)7-8-16(18)19/h7,10-11H,5-6,8-9H2,1-4H3,(H,18,19)/b14-7+. The number of aryl methyl sites for hydroxylation is 2. The summed E-state index contributed by atoms with van der Waals surface area (Å²) in [5.74, 6) is 0.0912. The van der Waals surface area contributed by atoms with Gasteiger partial charge in [-0.05, 0) is 61.1 Å². The smallest absolute Gasteiger partial charge is 0.307 e.